The van der Waals surface area contributed by atoms with Crippen LogP contribution in [0.1, 0.15) is 55.4 Å². The zero-order valence-corrected chi connectivity index (χ0v) is 15.1. The van der Waals surface area contributed by atoms with Gasteiger partial charge in [-0.25, -0.2) is 0 Å². The minimum absolute atomic E-state index is 0.0764. The monoisotopic (exact) mass is 298 g/mol. The van der Waals surface area contributed by atoms with Crippen molar-refractivity contribution in [3.05, 3.63) is 0 Å². The molecule has 0 saturated heterocycles. The van der Waals surface area contributed by atoms with E-state index >= 15 is 0 Å². The van der Waals surface area contributed by atoms with E-state index in [0.717, 1.165) is 0 Å². The second-order valence-electron chi connectivity index (χ2n) is 7.72. The average molecular weight is 298 g/mol. The fraction of sp³-hybridized carbons (Fsp3) is 0.875. The number of carbonyl (C=O) groups excluding carboxylic acids is 2. The molecule has 0 radical (unpaired) electrons. The molecule has 0 aliphatic heterocycles. The van der Waals surface area contributed by atoms with Crippen molar-refractivity contribution in [3.63, 3.8) is 0 Å². The maximum atomic E-state index is 12.2. The first-order valence-corrected chi connectivity index (χ1v) is 7.67. The molecule has 0 bridgehead atoms. The third-order valence-electron chi connectivity index (χ3n) is 3.37. The van der Waals surface area contributed by atoms with E-state index in [4.69, 9.17) is 9.47 Å². The van der Waals surface area contributed by atoms with Crippen molar-refractivity contribution in [2.75, 3.05) is 6.61 Å². The molecule has 0 heterocycles. The van der Waals surface area contributed by atoms with Gasteiger partial charge in [-0.2, -0.15) is 0 Å². The van der Waals surface area contributed by atoms with Gasteiger partial charge >= 0.3 is 5.97 Å². The summed E-state index contributed by atoms with van der Waals surface area (Å²) in [7, 11) is 1.96. The largest absolute Gasteiger partial charge is 0.457 e. The number of esters is 1. The lowest BCUT2D eigenvalue weighted by Crippen LogP contribution is -2.41. The van der Waals surface area contributed by atoms with E-state index in [1.54, 1.807) is 13.8 Å². The maximum absolute atomic E-state index is 12.2. The lowest BCUT2D eigenvalue weighted by Gasteiger charge is -2.31. The Morgan fingerprint density at radius 3 is 1.86 bits per heavy atom. The molecule has 0 fully saturated rings. The SMILES string of the molecule is BC(C)(C)OCC(C)(C)OC(=O)C(C)C(C)C(=O)C(C)C. The van der Waals surface area contributed by atoms with E-state index in [2.05, 4.69) is 0 Å². The number of rotatable bonds is 8. The molecule has 0 aromatic heterocycles. The van der Waals surface area contributed by atoms with E-state index < -0.39 is 11.5 Å². The van der Waals surface area contributed by atoms with Gasteiger partial charge in [0.15, 0.2) is 0 Å². The van der Waals surface area contributed by atoms with E-state index in [1.807, 2.05) is 49.4 Å². The summed E-state index contributed by atoms with van der Waals surface area (Å²) in [5.74, 6) is -1.12. The van der Waals surface area contributed by atoms with Crippen LogP contribution in [0.2, 0.25) is 0 Å². The van der Waals surface area contributed by atoms with Crippen molar-refractivity contribution in [2.45, 2.75) is 66.5 Å². The van der Waals surface area contributed by atoms with Crippen LogP contribution in [0.5, 0.6) is 0 Å². The summed E-state index contributed by atoms with van der Waals surface area (Å²) < 4.78 is 11.2. The Labute approximate surface area is 130 Å². The lowest BCUT2D eigenvalue weighted by atomic mass is 9.85. The molecule has 122 valence electrons. The quantitative estimate of drug-likeness (QED) is 0.509. The summed E-state index contributed by atoms with van der Waals surface area (Å²) in [5.41, 5.74) is -0.991. The second-order valence-corrected chi connectivity index (χ2v) is 7.72. The van der Waals surface area contributed by atoms with Gasteiger partial charge in [0.25, 0.3) is 0 Å². The smallest absolute Gasteiger partial charge is 0.309 e. The molecule has 0 aromatic carbocycles. The highest BCUT2D eigenvalue weighted by Gasteiger charge is 2.33. The fourth-order valence-electron chi connectivity index (χ4n) is 1.76. The molecule has 0 aromatic rings. The maximum Gasteiger partial charge on any atom is 0.309 e. The van der Waals surface area contributed by atoms with Crippen molar-refractivity contribution in [1.82, 2.24) is 0 Å². The topological polar surface area (TPSA) is 52.6 Å². The number of hydrogen-bond acceptors (Lipinski definition) is 4. The summed E-state index contributed by atoms with van der Waals surface area (Å²) in [5, 5.41) is 0. The Kier molecular flexibility index (Phi) is 7.14. The Hall–Kier alpha value is -0.835. The van der Waals surface area contributed by atoms with Crippen molar-refractivity contribution in [1.29, 1.82) is 0 Å². The standard InChI is InChI=1S/C16H31BO4/c1-10(2)13(18)11(3)12(4)14(19)21-15(5,6)9-20-16(7,8)17/h10-12H,9,17H2,1-8H3. The zero-order chi connectivity index (χ0) is 17.0. The van der Waals surface area contributed by atoms with Crippen molar-refractivity contribution < 1.29 is 19.1 Å². The van der Waals surface area contributed by atoms with Gasteiger partial charge in [-0.05, 0) is 27.7 Å². The Bertz CT molecular complexity index is 369. The lowest BCUT2D eigenvalue weighted by molar-refractivity contribution is -0.172. The van der Waals surface area contributed by atoms with Crippen LogP contribution < -0.4 is 0 Å². The van der Waals surface area contributed by atoms with Gasteiger partial charge in [0.1, 0.15) is 19.2 Å². The summed E-state index contributed by atoms with van der Waals surface area (Å²) in [6.07, 6.45) is 0. The van der Waals surface area contributed by atoms with Crippen LogP contribution in [0.3, 0.4) is 0 Å². The predicted octanol–water partition coefficient (Wildman–Crippen LogP) is 2.19. The molecule has 0 N–H and O–H groups in total. The fourth-order valence-corrected chi connectivity index (χ4v) is 1.76. The summed E-state index contributed by atoms with van der Waals surface area (Å²) in [6.45, 7) is 15.1. The van der Waals surface area contributed by atoms with Gasteiger partial charge in [0.05, 0.1) is 12.5 Å². The molecule has 2 atom stereocenters. The molecule has 4 nitrogen and oxygen atoms in total. The Morgan fingerprint density at radius 1 is 1.00 bits per heavy atom. The molecule has 0 saturated carbocycles. The predicted molar refractivity (Wildman–Crippen MR) is 86.9 cm³/mol. The van der Waals surface area contributed by atoms with Crippen molar-refractivity contribution in [3.8, 4) is 0 Å². The molecular formula is C16H31BO4. The minimum Gasteiger partial charge on any atom is -0.457 e. The van der Waals surface area contributed by atoms with Crippen LogP contribution in [0, 0.1) is 17.8 Å². The van der Waals surface area contributed by atoms with Crippen LogP contribution in [0.4, 0.5) is 0 Å². The molecule has 0 amide bonds. The minimum atomic E-state index is -0.709. The number of ketones is 1. The van der Waals surface area contributed by atoms with Crippen molar-refractivity contribution in [2.24, 2.45) is 17.8 Å². The highest BCUT2D eigenvalue weighted by atomic mass is 16.6. The van der Waals surface area contributed by atoms with E-state index in [9.17, 15) is 9.59 Å². The molecule has 0 aliphatic rings. The number of Topliss-reactive ketones (excluding diaryl/α,β-unsaturated/α-hetero) is 1. The van der Waals surface area contributed by atoms with Gasteiger partial charge in [-0.15, -0.1) is 0 Å². The van der Waals surface area contributed by atoms with Gasteiger partial charge < -0.3 is 9.47 Å². The highest BCUT2D eigenvalue weighted by molar-refractivity contribution is 6.13. The number of hydrogen-bond donors (Lipinski definition) is 0. The van der Waals surface area contributed by atoms with Gasteiger partial charge in [-0.1, -0.05) is 27.7 Å². The molecule has 5 heteroatoms. The van der Waals surface area contributed by atoms with Crippen LogP contribution in [0.25, 0.3) is 0 Å². The number of carbonyl (C=O) groups is 2. The van der Waals surface area contributed by atoms with Gasteiger partial charge in [0, 0.05) is 17.3 Å². The van der Waals surface area contributed by atoms with Crippen LogP contribution in [-0.2, 0) is 19.1 Å². The third-order valence-corrected chi connectivity index (χ3v) is 3.37. The Balaban J connectivity index is 4.62. The van der Waals surface area contributed by atoms with Crippen LogP contribution in [0.15, 0.2) is 0 Å². The normalized spacial score (nSPS) is 15.7. The molecule has 21 heavy (non-hydrogen) atoms. The average Bonchev–Trinajstić information content (AvgIpc) is 2.32. The van der Waals surface area contributed by atoms with Crippen LogP contribution >= 0.6 is 0 Å². The summed E-state index contributed by atoms with van der Waals surface area (Å²) in [4.78, 5) is 24.2. The first-order chi connectivity index (χ1) is 9.27. The third kappa shape index (κ3) is 7.65. The summed E-state index contributed by atoms with van der Waals surface area (Å²) >= 11 is 0. The molecule has 2 unspecified atom stereocenters. The zero-order valence-electron chi connectivity index (χ0n) is 15.1. The highest BCUT2D eigenvalue weighted by Crippen LogP contribution is 2.22. The number of ether oxygens (including phenoxy) is 2. The van der Waals surface area contributed by atoms with Crippen molar-refractivity contribution >= 4 is 19.6 Å². The second kappa shape index (κ2) is 7.43. The molecule has 0 rings (SSSR count). The molecular weight excluding hydrogens is 267 g/mol. The molecule has 0 spiro atoms. The van der Waals surface area contributed by atoms with Gasteiger partial charge in [0.2, 0.25) is 0 Å². The first-order valence-electron chi connectivity index (χ1n) is 7.67. The van der Waals surface area contributed by atoms with Crippen LogP contribution in [-0.4, -0.2) is 37.3 Å². The summed E-state index contributed by atoms with van der Waals surface area (Å²) in [6, 6.07) is 0. The molecule has 0 aliphatic carbocycles. The Morgan fingerprint density at radius 2 is 1.48 bits per heavy atom. The van der Waals surface area contributed by atoms with E-state index in [-0.39, 0.29) is 29.1 Å². The van der Waals surface area contributed by atoms with E-state index in [0.29, 0.717) is 6.61 Å². The van der Waals surface area contributed by atoms with E-state index in [1.165, 1.54) is 0 Å². The first kappa shape index (κ1) is 20.2. The van der Waals surface area contributed by atoms with Gasteiger partial charge in [-0.3, -0.25) is 9.59 Å².